The zero-order valence-corrected chi connectivity index (χ0v) is 15.4. The first-order valence-corrected chi connectivity index (χ1v) is 8.95. The van der Waals surface area contributed by atoms with Gasteiger partial charge in [0.25, 0.3) is 5.69 Å². The summed E-state index contributed by atoms with van der Waals surface area (Å²) < 4.78 is 5.69. The van der Waals surface area contributed by atoms with E-state index in [0.717, 1.165) is 32.7 Å². The van der Waals surface area contributed by atoms with E-state index in [1.807, 2.05) is 0 Å². The van der Waals surface area contributed by atoms with Crippen LogP contribution in [0.4, 0.5) is 11.4 Å². The second-order valence-electron chi connectivity index (χ2n) is 6.65. The van der Waals surface area contributed by atoms with Crippen molar-refractivity contribution in [1.82, 2.24) is 4.90 Å². The van der Waals surface area contributed by atoms with Gasteiger partial charge in [-0.3, -0.25) is 15.0 Å². The Kier molecular flexibility index (Phi) is 5.73. The van der Waals surface area contributed by atoms with Crippen LogP contribution in [0.5, 0.6) is 5.75 Å². The average molecular weight is 355 g/mol. The van der Waals surface area contributed by atoms with E-state index in [0.29, 0.717) is 12.4 Å². The van der Waals surface area contributed by atoms with Gasteiger partial charge in [-0.15, -0.1) is 0 Å². The van der Waals surface area contributed by atoms with Crippen molar-refractivity contribution < 1.29 is 9.66 Å². The van der Waals surface area contributed by atoms with Crippen molar-refractivity contribution in [2.24, 2.45) is 0 Å². The predicted octanol–water partition coefficient (Wildman–Crippen LogP) is 3.41. The minimum absolute atomic E-state index is 0.0599. The van der Waals surface area contributed by atoms with Gasteiger partial charge < -0.3 is 9.64 Å². The molecule has 0 radical (unpaired) electrons. The summed E-state index contributed by atoms with van der Waals surface area (Å²) in [6.07, 6.45) is 0. The highest BCUT2D eigenvalue weighted by molar-refractivity contribution is 5.56. The summed E-state index contributed by atoms with van der Waals surface area (Å²) in [6, 6.07) is 12.8. The fourth-order valence-corrected chi connectivity index (χ4v) is 3.27. The van der Waals surface area contributed by atoms with Crippen LogP contribution in [0.2, 0.25) is 0 Å². The molecule has 0 spiro atoms. The number of anilines is 1. The second kappa shape index (κ2) is 8.19. The molecule has 1 aliphatic heterocycles. The van der Waals surface area contributed by atoms with Crippen molar-refractivity contribution in [2.75, 3.05) is 44.2 Å². The lowest BCUT2D eigenvalue weighted by molar-refractivity contribution is -0.384. The summed E-state index contributed by atoms with van der Waals surface area (Å²) in [5, 5.41) is 10.8. The fourth-order valence-electron chi connectivity index (χ4n) is 3.27. The molecule has 0 unspecified atom stereocenters. The van der Waals surface area contributed by atoms with Crippen molar-refractivity contribution in [1.29, 1.82) is 0 Å². The summed E-state index contributed by atoms with van der Waals surface area (Å²) in [6.45, 7) is 9.68. The van der Waals surface area contributed by atoms with Crippen LogP contribution in [0.1, 0.15) is 11.1 Å². The number of ether oxygens (including phenoxy) is 1. The van der Waals surface area contributed by atoms with Gasteiger partial charge in [-0.1, -0.05) is 18.2 Å². The normalized spacial score (nSPS) is 15.1. The zero-order chi connectivity index (χ0) is 18.5. The maximum Gasteiger partial charge on any atom is 0.273 e. The van der Waals surface area contributed by atoms with Gasteiger partial charge >= 0.3 is 0 Å². The number of nitro groups is 1. The minimum Gasteiger partial charge on any atom is -0.492 e. The zero-order valence-electron chi connectivity index (χ0n) is 15.4. The van der Waals surface area contributed by atoms with Gasteiger partial charge in [0, 0.05) is 44.5 Å². The molecule has 0 N–H and O–H groups in total. The monoisotopic (exact) mass is 355 g/mol. The van der Waals surface area contributed by atoms with E-state index >= 15 is 0 Å². The molecule has 2 aromatic rings. The van der Waals surface area contributed by atoms with E-state index < -0.39 is 4.92 Å². The van der Waals surface area contributed by atoms with Crippen LogP contribution in [0.15, 0.2) is 42.5 Å². The molecular weight excluding hydrogens is 330 g/mol. The molecule has 1 saturated heterocycles. The van der Waals surface area contributed by atoms with Gasteiger partial charge in [0.05, 0.1) is 11.0 Å². The number of piperazine rings is 1. The Morgan fingerprint density at radius 3 is 2.54 bits per heavy atom. The Bertz CT molecular complexity index is 771. The molecule has 1 fully saturated rings. The molecule has 1 aliphatic rings. The summed E-state index contributed by atoms with van der Waals surface area (Å²) in [5.41, 5.74) is 4.08. The fraction of sp³-hybridized carbons (Fsp3) is 0.400. The highest BCUT2D eigenvalue weighted by Gasteiger charge is 2.18. The van der Waals surface area contributed by atoms with Crippen molar-refractivity contribution in [3.63, 3.8) is 0 Å². The first-order valence-electron chi connectivity index (χ1n) is 8.95. The molecule has 6 nitrogen and oxygen atoms in total. The molecule has 1 heterocycles. The third-order valence-corrected chi connectivity index (χ3v) is 4.99. The number of benzene rings is 2. The second-order valence-corrected chi connectivity index (χ2v) is 6.65. The quantitative estimate of drug-likeness (QED) is 0.587. The van der Waals surface area contributed by atoms with E-state index in [9.17, 15) is 10.1 Å². The number of nitrogens with zero attached hydrogens (tertiary/aromatic N) is 3. The van der Waals surface area contributed by atoms with Gasteiger partial charge in [-0.05, 0) is 37.1 Å². The molecule has 0 aromatic heterocycles. The standard InChI is InChI=1S/C20H25N3O3/c1-16-5-3-8-20(17(16)2)22-11-9-21(10-12-22)13-14-26-19-7-4-6-18(15-19)23(24)25/h3-8,15H,9-14H2,1-2H3. The lowest BCUT2D eigenvalue weighted by Gasteiger charge is -2.37. The van der Waals surface area contributed by atoms with Gasteiger partial charge in [-0.2, -0.15) is 0 Å². The highest BCUT2D eigenvalue weighted by Crippen LogP contribution is 2.24. The average Bonchev–Trinajstić information content (AvgIpc) is 2.65. The van der Waals surface area contributed by atoms with E-state index in [1.165, 1.54) is 28.9 Å². The van der Waals surface area contributed by atoms with Gasteiger partial charge in [0.2, 0.25) is 0 Å². The number of hydrogen-bond acceptors (Lipinski definition) is 5. The summed E-state index contributed by atoms with van der Waals surface area (Å²) in [4.78, 5) is 15.2. The molecule has 138 valence electrons. The van der Waals surface area contributed by atoms with Crippen LogP contribution in [0.25, 0.3) is 0 Å². The molecule has 0 bridgehead atoms. The molecule has 0 atom stereocenters. The Morgan fingerprint density at radius 2 is 1.81 bits per heavy atom. The van der Waals surface area contributed by atoms with Crippen LogP contribution in [0.3, 0.4) is 0 Å². The molecule has 3 rings (SSSR count). The van der Waals surface area contributed by atoms with Crippen LogP contribution in [-0.2, 0) is 0 Å². The van der Waals surface area contributed by atoms with Crippen LogP contribution < -0.4 is 9.64 Å². The number of non-ortho nitro benzene ring substituents is 1. The van der Waals surface area contributed by atoms with Gasteiger partial charge in [-0.25, -0.2) is 0 Å². The van der Waals surface area contributed by atoms with E-state index in [1.54, 1.807) is 12.1 Å². The van der Waals surface area contributed by atoms with Crippen LogP contribution >= 0.6 is 0 Å². The molecule has 26 heavy (non-hydrogen) atoms. The maximum absolute atomic E-state index is 10.8. The Labute approximate surface area is 154 Å². The smallest absolute Gasteiger partial charge is 0.273 e. The third-order valence-electron chi connectivity index (χ3n) is 4.99. The minimum atomic E-state index is -0.403. The molecule has 0 amide bonds. The Hall–Kier alpha value is -2.60. The van der Waals surface area contributed by atoms with E-state index in [4.69, 9.17) is 4.74 Å². The number of aryl methyl sites for hydroxylation is 1. The van der Waals surface area contributed by atoms with Gasteiger partial charge in [0.1, 0.15) is 12.4 Å². The number of rotatable bonds is 6. The summed E-state index contributed by atoms with van der Waals surface area (Å²) >= 11 is 0. The SMILES string of the molecule is Cc1cccc(N2CCN(CCOc3cccc([N+](=O)[O-])c3)CC2)c1C. The topological polar surface area (TPSA) is 58.8 Å². The predicted molar refractivity (Wildman–Crippen MR) is 103 cm³/mol. The summed E-state index contributed by atoms with van der Waals surface area (Å²) in [5.74, 6) is 0.549. The van der Waals surface area contributed by atoms with Crippen molar-refractivity contribution in [3.05, 3.63) is 63.7 Å². The molecule has 0 aliphatic carbocycles. The van der Waals surface area contributed by atoms with Crippen LogP contribution in [0, 0.1) is 24.0 Å². The highest BCUT2D eigenvalue weighted by atomic mass is 16.6. The van der Waals surface area contributed by atoms with Crippen molar-refractivity contribution in [2.45, 2.75) is 13.8 Å². The number of hydrogen-bond donors (Lipinski definition) is 0. The van der Waals surface area contributed by atoms with Crippen LogP contribution in [-0.4, -0.2) is 49.2 Å². The molecule has 2 aromatic carbocycles. The van der Waals surface area contributed by atoms with Crippen molar-refractivity contribution in [3.8, 4) is 5.75 Å². The largest absolute Gasteiger partial charge is 0.492 e. The molecular formula is C20H25N3O3. The lowest BCUT2D eigenvalue weighted by atomic mass is 10.1. The lowest BCUT2D eigenvalue weighted by Crippen LogP contribution is -2.47. The molecule has 0 saturated carbocycles. The first-order chi connectivity index (χ1) is 12.5. The molecule has 6 heteroatoms. The third kappa shape index (κ3) is 4.32. The van der Waals surface area contributed by atoms with E-state index in [2.05, 4.69) is 41.8 Å². The Balaban J connectivity index is 1.46. The van der Waals surface area contributed by atoms with E-state index in [-0.39, 0.29) is 5.69 Å². The van der Waals surface area contributed by atoms with Gasteiger partial charge in [0.15, 0.2) is 0 Å². The number of nitro benzene ring substituents is 1. The Morgan fingerprint density at radius 1 is 1.08 bits per heavy atom. The maximum atomic E-state index is 10.8. The summed E-state index contributed by atoms with van der Waals surface area (Å²) in [7, 11) is 0. The van der Waals surface area contributed by atoms with Crippen molar-refractivity contribution >= 4 is 11.4 Å². The first kappa shape index (κ1) is 18.2.